The van der Waals surface area contributed by atoms with Crippen LogP contribution in [0.4, 0.5) is 13.2 Å². The van der Waals surface area contributed by atoms with Gasteiger partial charge in [0.15, 0.2) is 5.69 Å². The van der Waals surface area contributed by atoms with Crippen molar-refractivity contribution in [3.63, 3.8) is 0 Å². The molecule has 1 saturated heterocycles. The molecule has 0 bridgehead atoms. The summed E-state index contributed by atoms with van der Waals surface area (Å²) in [4.78, 5) is 2.27. The van der Waals surface area contributed by atoms with Gasteiger partial charge in [0.2, 0.25) is 0 Å². The number of nitrogens with zero attached hydrogens (tertiary/aromatic N) is 3. The summed E-state index contributed by atoms with van der Waals surface area (Å²) in [5.74, 6) is 0. The minimum Gasteiger partial charge on any atom is -0.497 e. The largest absolute Gasteiger partial charge is 0.497 e. The Bertz CT molecular complexity index is 526. The Morgan fingerprint density at radius 3 is 2.86 bits per heavy atom. The molecule has 122 valence electrons. The summed E-state index contributed by atoms with van der Waals surface area (Å²) < 4.78 is 45.0. The predicted octanol–water partition coefficient (Wildman–Crippen LogP) is 3.23. The van der Waals surface area contributed by atoms with Crippen LogP contribution in [0.5, 0.6) is 0 Å². The predicted molar refractivity (Wildman–Crippen MR) is 75.2 cm³/mol. The van der Waals surface area contributed by atoms with E-state index in [0.717, 1.165) is 51.4 Å². The van der Waals surface area contributed by atoms with Crippen molar-refractivity contribution in [2.75, 3.05) is 19.6 Å². The number of likely N-dealkylation sites (tertiary alicyclic amines) is 1. The van der Waals surface area contributed by atoms with Gasteiger partial charge in [-0.1, -0.05) is 0 Å². The summed E-state index contributed by atoms with van der Waals surface area (Å²) in [6.45, 7) is 2.52. The van der Waals surface area contributed by atoms with Crippen LogP contribution < -0.4 is 0 Å². The fourth-order valence-electron chi connectivity index (χ4n) is 3.11. The van der Waals surface area contributed by atoms with Gasteiger partial charge in [0.1, 0.15) is 6.10 Å². The van der Waals surface area contributed by atoms with Crippen molar-refractivity contribution < 1.29 is 17.9 Å². The first-order valence-corrected chi connectivity index (χ1v) is 7.67. The zero-order valence-corrected chi connectivity index (χ0v) is 12.3. The van der Waals surface area contributed by atoms with Crippen molar-refractivity contribution in [1.82, 2.24) is 14.7 Å². The summed E-state index contributed by atoms with van der Waals surface area (Å²) in [5, 5.41) is 3.71. The van der Waals surface area contributed by atoms with E-state index in [0.29, 0.717) is 0 Å². The van der Waals surface area contributed by atoms with E-state index in [9.17, 15) is 13.2 Å². The maximum atomic E-state index is 12.6. The Labute approximate surface area is 127 Å². The summed E-state index contributed by atoms with van der Waals surface area (Å²) in [7, 11) is 0. The second kappa shape index (κ2) is 6.32. The van der Waals surface area contributed by atoms with E-state index in [2.05, 4.69) is 10.00 Å². The number of rotatable bonds is 3. The molecule has 0 unspecified atom stereocenters. The number of hydrogen-bond donors (Lipinski definition) is 0. The molecule has 2 atom stereocenters. The van der Waals surface area contributed by atoms with Crippen molar-refractivity contribution >= 4 is 0 Å². The molecular formula is C15H20F3N3O. The van der Waals surface area contributed by atoms with Crippen LogP contribution in [-0.4, -0.2) is 40.4 Å². The lowest BCUT2D eigenvalue weighted by Gasteiger charge is -2.35. The minimum atomic E-state index is -4.37. The monoisotopic (exact) mass is 315 g/mol. The smallest absolute Gasteiger partial charge is 0.435 e. The third kappa shape index (κ3) is 3.63. The normalized spacial score (nSPS) is 26.9. The van der Waals surface area contributed by atoms with Crippen molar-refractivity contribution in [3.05, 3.63) is 30.3 Å². The Hall–Kier alpha value is -1.50. The van der Waals surface area contributed by atoms with Gasteiger partial charge in [-0.3, -0.25) is 9.58 Å². The van der Waals surface area contributed by atoms with Gasteiger partial charge in [-0.15, -0.1) is 0 Å². The van der Waals surface area contributed by atoms with Crippen LogP contribution in [-0.2, 0) is 10.9 Å². The van der Waals surface area contributed by atoms with Crippen LogP contribution >= 0.6 is 0 Å². The molecule has 0 amide bonds. The van der Waals surface area contributed by atoms with Crippen LogP contribution in [0.3, 0.4) is 0 Å². The first kappa shape index (κ1) is 15.4. The Balaban J connectivity index is 1.60. The van der Waals surface area contributed by atoms with E-state index in [1.807, 2.05) is 6.08 Å². The van der Waals surface area contributed by atoms with E-state index >= 15 is 0 Å². The molecule has 2 aliphatic heterocycles. The highest BCUT2D eigenvalue weighted by Crippen LogP contribution is 2.29. The van der Waals surface area contributed by atoms with Gasteiger partial charge < -0.3 is 4.74 Å². The van der Waals surface area contributed by atoms with Crippen LogP contribution in [0.2, 0.25) is 0 Å². The Morgan fingerprint density at radius 1 is 1.32 bits per heavy atom. The molecule has 1 fully saturated rings. The first-order valence-electron chi connectivity index (χ1n) is 7.67. The fourth-order valence-corrected chi connectivity index (χ4v) is 3.11. The van der Waals surface area contributed by atoms with Crippen LogP contribution in [0.15, 0.2) is 24.6 Å². The van der Waals surface area contributed by atoms with E-state index < -0.39 is 11.9 Å². The summed E-state index contributed by atoms with van der Waals surface area (Å²) in [5.41, 5.74) is -0.814. The number of halogens is 3. The molecular weight excluding hydrogens is 295 g/mol. The average Bonchev–Trinajstić information content (AvgIpc) is 2.99. The number of ether oxygens (including phenoxy) is 1. The van der Waals surface area contributed by atoms with Gasteiger partial charge in [-0.2, -0.15) is 18.3 Å². The third-order valence-electron chi connectivity index (χ3n) is 4.24. The topological polar surface area (TPSA) is 30.3 Å². The quantitative estimate of drug-likeness (QED) is 0.858. The molecule has 3 rings (SSSR count). The van der Waals surface area contributed by atoms with Gasteiger partial charge in [0.05, 0.1) is 12.3 Å². The van der Waals surface area contributed by atoms with E-state index in [1.165, 1.54) is 10.9 Å². The molecule has 0 aliphatic carbocycles. The Morgan fingerprint density at radius 2 is 2.18 bits per heavy atom. The highest BCUT2D eigenvalue weighted by atomic mass is 19.4. The van der Waals surface area contributed by atoms with Gasteiger partial charge in [0.25, 0.3) is 0 Å². The fraction of sp³-hybridized carbons (Fsp3) is 0.667. The third-order valence-corrected chi connectivity index (χ3v) is 4.24. The lowest BCUT2D eigenvalue weighted by molar-refractivity contribution is -0.141. The Kier molecular flexibility index (Phi) is 4.42. The summed E-state index contributed by atoms with van der Waals surface area (Å²) in [6.07, 6.45) is 4.87. The number of piperidine rings is 1. The highest BCUT2D eigenvalue weighted by molar-refractivity contribution is 5.04. The van der Waals surface area contributed by atoms with Crippen molar-refractivity contribution in [2.24, 2.45) is 0 Å². The van der Waals surface area contributed by atoms with Crippen LogP contribution in [0.25, 0.3) is 0 Å². The van der Waals surface area contributed by atoms with Gasteiger partial charge in [0, 0.05) is 19.3 Å². The molecule has 0 N–H and O–H groups in total. The first-order chi connectivity index (χ1) is 10.5. The summed E-state index contributed by atoms with van der Waals surface area (Å²) >= 11 is 0. The van der Waals surface area contributed by atoms with Crippen molar-refractivity contribution in [3.8, 4) is 0 Å². The minimum absolute atomic E-state index is 0.00369. The zero-order valence-electron chi connectivity index (χ0n) is 12.3. The second-order valence-corrected chi connectivity index (χ2v) is 5.94. The maximum Gasteiger partial charge on any atom is 0.435 e. The molecule has 0 aromatic carbocycles. The van der Waals surface area contributed by atoms with Gasteiger partial charge >= 0.3 is 6.18 Å². The molecule has 22 heavy (non-hydrogen) atoms. The molecule has 3 heterocycles. The van der Waals surface area contributed by atoms with E-state index in [1.54, 1.807) is 6.26 Å². The standard InChI is InChI=1S/C15H20F3N3O/c16-15(17,18)14-6-8-21(19-14)12-4-3-7-20(10-12)11-13-5-1-2-9-22-13/h2,6,8-9,12-13H,1,3-5,7,10-11H2/t12-,13-/m1/s1. The summed E-state index contributed by atoms with van der Waals surface area (Å²) in [6, 6.07) is 1.05. The van der Waals surface area contributed by atoms with Crippen LogP contribution in [0.1, 0.15) is 37.4 Å². The number of hydrogen-bond acceptors (Lipinski definition) is 3. The SMILES string of the molecule is FC(F)(F)c1ccn([C@@H]2CCCN(C[C@H]3CCC=CO3)C2)n1. The molecule has 1 aromatic heterocycles. The number of allylic oxidation sites excluding steroid dienone is 1. The highest BCUT2D eigenvalue weighted by Gasteiger charge is 2.34. The lowest BCUT2D eigenvalue weighted by Crippen LogP contribution is -2.41. The lowest BCUT2D eigenvalue weighted by atomic mass is 10.0. The van der Waals surface area contributed by atoms with Gasteiger partial charge in [-0.25, -0.2) is 0 Å². The second-order valence-electron chi connectivity index (χ2n) is 5.94. The maximum absolute atomic E-state index is 12.6. The van der Waals surface area contributed by atoms with Crippen LogP contribution in [0, 0.1) is 0 Å². The number of aromatic nitrogens is 2. The number of alkyl halides is 3. The molecule has 0 spiro atoms. The molecule has 0 radical (unpaired) electrons. The molecule has 2 aliphatic rings. The van der Waals surface area contributed by atoms with Crippen molar-refractivity contribution in [2.45, 2.75) is 44.0 Å². The molecule has 0 saturated carbocycles. The van der Waals surface area contributed by atoms with E-state index in [-0.39, 0.29) is 12.1 Å². The van der Waals surface area contributed by atoms with Gasteiger partial charge in [-0.05, 0) is 44.4 Å². The molecule has 1 aromatic rings. The molecule has 4 nitrogen and oxygen atoms in total. The van der Waals surface area contributed by atoms with Crippen molar-refractivity contribution in [1.29, 1.82) is 0 Å². The van der Waals surface area contributed by atoms with E-state index in [4.69, 9.17) is 4.74 Å². The zero-order chi connectivity index (χ0) is 15.6. The molecule has 7 heteroatoms. The average molecular weight is 315 g/mol.